The number of non-ortho nitro benzene ring substituents is 1. The molecule has 38 heavy (non-hydrogen) atoms. The Labute approximate surface area is 217 Å². The van der Waals surface area contributed by atoms with Crippen LogP contribution in [0.4, 0.5) is 26.2 Å². The van der Waals surface area contributed by atoms with Crippen molar-refractivity contribution in [1.82, 2.24) is 4.90 Å². The number of hydrogen-bond acceptors (Lipinski definition) is 9. The monoisotopic (exact) mass is 538 g/mol. The average Bonchev–Trinajstić information content (AvgIpc) is 3.13. The Morgan fingerprint density at radius 1 is 1.00 bits per heavy atom. The second-order valence-corrected chi connectivity index (χ2v) is 8.62. The zero-order valence-electron chi connectivity index (χ0n) is 19.0. The van der Waals surface area contributed by atoms with Crippen LogP contribution in [0, 0.1) is 26.0 Å². The first-order valence-corrected chi connectivity index (χ1v) is 11.4. The van der Waals surface area contributed by atoms with Crippen LogP contribution in [0.15, 0.2) is 71.6 Å². The van der Waals surface area contributed by atoms with Crippen LogP contribution in [-0.4, -0.2) is 38.3 Å². The van der Waals surface area contributed by atoms with E-state index >= 15 is 0 Å². The van der Waals surface area contributed by atoms with Gasteiger partial charge in [-0.25, -0.2) is 4.39 Å². The summed E-state index contributed by atoms with van der Waals surface area (Å²) >= 11 is 0.585. The molecule has 4 rings (SSSR count). The van der Waals surface area contributed by atoms with Gasteiger partial charge in [-0.1, -0.05) is 18.2 Å². The maximum atomic E-state index is 13.0. The molecule has 1 aliphatic rings. The van der Waals surface area contributed by atoms with Crippen molar-refractivity contribution >= 4 is 52.0 Å². The molecule has 0 aromatic heterocycles. The summed E-state index contributed by atoms with van der Waals surface area (Å²) in [6.07, 6.45) is 1.33. The zero-order chi connectivity index (χ0) is 27.4. The second kappa shape index (κ2) is 10.9. The number of imide groups is 1. The molecule has 0 spiro atoms. The lowest BCUT2D eigenvalue weighted by Crippen LogP contribution is -2.36. The summed E-state index contributed by atoms with van der Waals surface area (Å²) in [4.78, 5) is 59.1. The van der Waals surface area contributed by atoms with E-state index in [0.29, 0.717) is 11.8 Å². The highest BCUT2D eigenvalue weighted by molar-refractivity contribution is 8.18. The summed E-state index contributed by atoms with van der Waals surface area (Å²) in [5.74, 6) is -2.11. The van der Waals surface area contributed by atoms with Crippen molar-refractivity contribution in [3.8, 4) is 11.5 Å². The summed E-state index contributed by atoms with van der Waals surface area (Å²) in [5, 5.41) is 24.2. The number of nitrogens with one attached hydrogen (secondary N) is 1. The molecule has 0 saturated carbocycles. The van der Waals surface area contributed by atoms with Gasteiger partial charge in [-0.15, -0.1) is 0 Å². The third kappa shape index (κ3) is 5.82. The molecule has 0 unspecified atom stereocenters. The van der Waals surface area contributed by atoms with E-state index in [0.717, 1.165) is 35.2 Å². The van der Waals surface area contributed by atoms with Gasteiger partial charge in [0, 0.05) is 17.3 Å². The van der Waals surface area contributed by atoms with Gasteiger partial charge in [0.05, 0.1) is 20.8 Å². The van der Waals surface area contributed by atoms with E-state index < -0.39 is 50.6 Å². The molecule has 1 saturated heterocycles. The fraction of sp³-hybridized carbons (Fsp3) is 0.0417. The maximum Gasteiger partial charge on any atom is 0.318 e. The lowest BCUT2D eigenvalue weighted by atomic mass is 10.1. The molecule has 3 aromatic carbocycles. The Kier molecular flexibility index (Phi) is 7.43. The molecule has 3 aromatic rings. The average molecular weight is 538 g/mol. The predicted octanol–water partition coefficient (Wildman–Crippen LogP) is 5.11. The van der Waals surface area contributed by atoms with Gasteiger partial charge in [-0.2, -0.15) is 0 Å². The summed E-state index contributed by atoms with van der Waals surface area (Å²) in [7, 11) is 0. The smallest absolute Gasteiger partial charge is 0.318 e. The Balaban J connectivity index is 1.54. The van der Waals surface area contributed by atoms with E-state index in [1.165, 1.54) is 30.3 Å². The van der Waals surface area contributed by atoms with Gasteiger partial charge in [0.15, 0.2) is 0 Å². The number of nitro benzene ring substituents is 2. The van der Waals surface area contributed by atoms with Crippen LogP contribution in [0.25, 0.3) is 6.08 Å². The van der Waals surface area contributed by atoms with Crippen molar-refractivity contribution in [3.63, 3.8) is 0 Å². The van der Waals surface area contributed by atoms with Crippen LogP contribution in [0.2, 0.25) is 0 Å². The molecule has 0 bridgehead atoms. The van der Waals surface area contributed by atoms with Crippen LogP contribution in [0.5, 0.6) is 11.5 Å². The van der Waals surface area contributed by atoms with E-state index in [9.17, 15) is 39.0 Å². The van der Waals surface area contributed by atoms with Crippen molar-refractivity contribution in [3.05, 3.63) is 103 Å². The topological polar surface area (TPSA) is 162 Å². The highest BCUT2D eigenvalue weighted by atomic mass is 32.2. The van der Waals surface area contributed by atoms with Gasteiger partial charge in [-0.3, -0.25) is 39.5 Å². The Hall–Kier alpha value is -5.11. The molecule has 0 aliphatic carbocycles. The number of nitro groups is 2. The molecule has 1 fully saturated rings. The number of thioether (sulfide) groups is 1. The van der Waals surface area contributed by atoms with E-state index in [1.54, 1.807) is 12.1 Å². The fourth-order valence-corrected chi connectivity index (χ4v) is 4.14. The number of nitrogens with zero attached hydrogens (tertiary/aromatic N) is 3. The fourth-order valence-electron chi connectivity index (χ4n) is 3.31. The van der Waals surface area contributed by atoms with E-state index in [1.807, 2.05) is 0 Å². The minimum absolute atomic E-state index is 0.0289. The van der Waals surface area contributed by atoms with Gasteiger partial charge < -0.3 is 10.1 Å². The van der Waals surface area contributed by atoms with Crippen molar-refractivity contribution in [2.24, 2.45) is 0 Å². The van der Waals surface area contributed by atoms with Gasteiger partial charge in [0.25, 0.3) is 16.8 Å². The highest BCUT2D eigenvalue weighted by Gasteiger charge is 2.36. The maximum absolute atomic E-state index is 13.0. The second-order valence-electron chi connectivity index (χ2n) is 7.63. The lowest BCUT2D eigenvalue weighted by Gasteiger charge is -2.12. The molecule has 1 aliphatic heterocycles. The SMILES string of the molecule is O=C(CN1C(=O)S/C(=C/c2ccccc2Oc2ccc([N+](=O)[O-])cc2[N+](=O)[O-])C1=O)Nc1ccc(F)cc1. The third-order valence-electron chi connectivity index (χ3n) is 5.08. The molecular weight excluding hydrogens is 523 g/mol. The number of para-hydroxylation sites is 1. The Morgan fingerprint density at radius 2 is 1.71 bits per heavy atom. The third-order valence-corrected chi connectivity index (χ3v) is 5.99. The first kappa shape index (κ1) is 26.0. The van der Waals surface area contributed by atoms with E-state index in [4.69, 9.17) is 4.74 Å². The minimum atomic E-state index is -0.826. The van der Waals surface area contributed by atoms with Gasteiger partial charge in [-0.05, 0) is 54.2 Å². The zero-order valence-corrected chi connectivity index (χ0v) is 19.8. The molecule has 3 amide bonds. The van der Waals surface area contributed by atoms with Crippen LogP contribution in [-0.2, 0) is 9.59 Å². The van der Waals surface area contributed by atoms with Crippen LogP contribution in [0.1, 0.15) is 5.56 Å². The van der Waals surface area contributed by atoms with Crippen molar-refractivity contribution < 1.29 is 33.4 Å². The van der Waals surface area contributed by atoms with Crippen LogP contribution in [0.3, 0.4) is 0 Å². The van der Waals surface area contributed by atoms with Crippen molar-refractivity contribution in [2.75, 3.05) is 11.9 Å². The normalized spacial score (nSPS) is 14.0. The Bertz CT molecular complexity index is 1510. The van der Waals surface area contributed by atoms with Gasteiger partial charge in [0.2, 0.25) is 11.7 Å². The Morgan fingerprint density at radius 3 is 2.39 bits per heavy atom. The number of halogens is 1. The number of anilines is 1. The van der Waals surface area contributed by atoms with E-state index in [-0.39, 0.29) is 27.7 Å². The molecule has 14 heteroatoms. The van der Waals surface area contributed by atoms with Gasteiger partial charge in [0.1, 0.15) is 18.1 Å². The van der Waals surface area contributed by atoms with Crippen LogP contribution < -0.4 is 10.1 Å². The molecule has 1 N–H and O–H groups in total. The molecule has 1 heterocycles. The minimum Gasteiger partial charge on any atom is -0.449 e. The van der Waals surface area contributed by atoms with E-state index in [2.05, 4.69) is 5.32 Å². The summed E-state index contributed by atoms with van der Waals surface area (Å²) in [5.41, 5.74) is -0.567. The first-order valence-electron chi connectivity index (χ1n) is 10.6. The highest BCUT2D eigenvalue weighted by Crippen LogP contribution is 2.38. The number of amides is 3. The molecule has 12 nitrogen and oxygen atoms in total. The molecule has 0 atom stereocenters. The summed E-state index contributed by atoms with van der Waals surface area (Å²) in [6, 6.07) is 14.0. The molecule has 192 valence electrons. The number of hydrogen-bond donors (Lipinski definition) is 1. The van der Waals surface area contributed by atoms with Gasteiger partial charge >= 0.3 is 5.69 Å². The summed E-state index contributed by atoms with van der Waals surface area (Å²) < 4.78 is 18.7. The van der Waals surface area contributed by atoms with Crippen molar-refractivity contribution in [2.45, 2.75) is 0 Å². The lowest BCUT2D eigenvalue weighted by molar-refractivity contribution is -0.394. The number of ether oxygens (including phenoxy) is 1. The number of benzene rings is 3. The molecular formula is C24H15FN4O8S. The molecule has 0 radical (unpaired) electrons. The van der Waals surface area contributed by atoms with Crippen molar-refractivity contribution in [1.29, 1.82) is 0 Å². The largest absolute Gasteiger partial charge is 0.449 e. The first-order chi connectivity index (χ1) is 18.1. The predicted molar refractivity (Wildman–Crippen MR) is 134 cm³/mol. The number of rotatable bonds is 8. The van der Waals surface area contributed by atoms with Crippen LogP contribution >= 0.6 is 11.8 Å². The summed E-state index contributed by atoms with van der Waals surface area (Å²) in [6.45, 7) is -0.577. The quantitative estimate of drug-likeness (QED) is 0.233. The number of carbonyl (C=O) groups excluding carboxylic acids is 3. The standard InChI is InChI=1S/C24H15FN4O8S/c25-15-5-7-16(8-6-15)26-22(30)13-27-23(31)21(38-24(27)32)11-14-3-1-2-4-19(14)37-20-10-9-17(28(33)34)12-18(20)29(35)36/h1-12H,13H2,(H,26,30)/b21-11+. The number of carbonyl (C=O) groups is 3.